The molecule has 0 unspecified atom stereocenters. The van der Waals surface area contributed by atoms with Crippen LogP contribution in [0, 0.1) is 0 Å². The number of aliphatic imine (C=N–C) groups is 1. The monoisotopic (exact) mass is 665 g/mol. The molecule has 1 saturated heterocycles. The molecule has 2 aliphatic heterocycles. The smallest absolute Gasteiger partial charge is 0.410 e. The summed E-state index contributed by atoms with van der Waals surface area (Å²) < 4.78 is 5.45. The van der Waals surface area contributed by atoms with E-state index >= 15 is 0 Å². The lowest BCUT2D eigenvalue weighted by atomic mass is 10.0. The van der Waals surface area contributed by atoms with Crippen LogP contribution in [0.15, 0.2) is 77.6 Å². The highest BCUT2D eigenvalue weighted by molar-refractivity contribution is 6.08. The van der Waals surface area contributed by atoms with Crippen molar-refractivity contribution in [3.8, 4) is 0 Å². The number of nitrogens with one attached hydrogen (secondary N) is 2. The summed E-state index contributed by atoms with van der Waals surface area (Å²) in [5, 5.41) is 5.74. The summed E-state index contributed by atoms with van der Waals surface area (Å²) in [6.45, 7) is 6.16. The number of rotatable bonds is 12. The van der Waals surface area contributed by atoms with E-state index in [4.69, 9.17) is 10.5 Å². The number of amides is 4. The third-order valence-corrected chi connectivity index (χ3v) is 8.32. The molecule has 0 bridgehead atoms. The van der Waals surface area contributed by atoms with Gasteiger partial charge in [0.1, 0.15) is 18.5 Å². The molecule has 12 nitrogen and oxygen atoms in total. The molecule has 256 valence electrons. The first-order valence-corrected chi connectivity index (χ1v) is 16.7. The highest BCUT2D eigenvalue weighted by Gasteiger charge is 2.35. The molecule has 5 rings (SSSR count). The van der Waals surface area contributed by atoms with E-state index in [1.54, 1.807) is 36.5 Å². The number of hydrogen-bond donors (Lipinski definition) is 3. The van der Waals surface area contributed by atoms with E-state index < -0.39 is 12.1 Å². The van der Waals surface area contributed by atoms with E-state index in [1.807, 2.05) is 49.1 Å². The molecule has 12 heteroatoms. The maximum atomic E-state index is 13.3. The normalized spacial score (nSPS) is 15.3. The number of fused-ring (bicyclic) bond motifs is 1. The summed E-state index contributed by atoms with van der Waals surface area (Å²) in [7, 11) is 0. The molecule has 49 heavy (non-hydrogen) atoms. The zero-order chi connectivity index (χ0) is 34.8. The molecule has 0 radical (unpaired) electrons. The fourth-order valence-corrected chi connectivity index (χ4v) is 5.95. The standard InChI is InChI=1S/C37H43N7O5/c1-3-14-43(15-4-2)36(47)29-18-27-12-13-28(19-31(27)42-33(38)20-29)34(45)41-30-17-26(21-39-23-30)22-40-35(46)32-11-8-16-44(32)37(48)49-24-25-9-6-5-7-10-25/h5-7,9-10,12-13,17-19,21,23,32H,3-4,8,11,14-16,20,22,24H2,1-2H3,(H2,38,42)(H,40,46)(H,41,45)/t32-/m0/s1. The van der Waals surface area contributed by atoms with Crippen LogP contribution in [0.2, 0.25) is 0 Å². The van der Waals surface area contributed by atoms with Crippen molar-refractivity contribution >= 4 is 47.1 Å². The lowest BCUT2D eigenvalue weighted by molar-refractivity contribution is -0.127. The number of likely N-dealkylation sites (tertiary alicyclic amines) is 1. The van der Waals surface area contributed by atoms with Crippen molar-refractivity contribution in [2.24, 2.45) is 10.7 Å². The number of carbonyl (C=O) groups excluding carboxylic acids is 4. The number of nitrogens with zero attached hydrogens (tertiary/aromatic N) is 4. The first-order chi connectivity index (χ1) is 23.7. The van der Waals surface area contributed by atoms with Crippen LogP contribution in [-0.4, -0.2) is 70.1 Å². The molecule has 0 saturated carbocycles. The van der Waals surface area contributed by atoms with Gasteiger partial charge in [-0.25, -0.2) is 9.79 Å². The van der Waals surface area contributed by atoms with Crippen LogP contribution < -0.4 is 16.4 Å². The van der Waals surface area contributed by atoms with Crippen molar-refractivity contribution in [3.63, 3.8) is 0 Å². The minimum Gasteiger partial charge on any atom is -0.445 e. The van der Waals surface area contributed by atoms with E-state index in [1.165, 1.54) is 11.1 Å². The van der Waals surface area contributed by atoms with Crippen molar-refractivity contribution in [3.05, 3.63) is 94.8 Å². The number of amidine groups is 1. The van der Waals surface area contributed by atoms with Crippen molar-refractivity contribution < 1.29 is 23.9 Å². The largest absolute Gasteiger partial charge is 0.445 e. The minimum absolute atomic E-state index is 0.0537. The van der Waals surface area contributed by atoms with Gasteiger partial charge in [-0.05, 0) is 61.1 Å². The van der Waals surface area contributed by atoms with Crippen LogP contribution in [0.1, 0.15) is 73.0 Å². The first kappa shape index (κ1) is 34.8. The third kappa shape index (κ3) is 9.10. The van der Waals surface area contributed by atoms with Gasteiger partial charge in [0.25, 0.3) is 5.91 Å². The lowest BCUT2D eigenvalue weighted by Gasteiger charge is -2.23. The number of aromatic nitrogens is 1. The van der Waals surface area contributed by atoms with Crippen LogP contribution in [0.4, 0.5) is 16.2 Å². The molecular weight excluding hydrogens is 622 g/mol. The van der Waals surface area contributed by atoms with Crippen LogP contribution in [0.5, 0.6) is 0 Å². The van der Waals surface area contributed by atoms with Gasteiger partial charge in [-0.1, -0.05) is 50.2 Å². The number of benzene rings is 2. The number of ether oxygens (including phenoxy) is 1. The number of pyridine rings is 1. The second-order valence-corrected chi connectivity index (χ2v) is 12.2. The van der Waals surface area contributed by atoms with E-state index in [0.717, 1.165) is 18.4 Å². The van der Waals surface area contributed by atoms with Gasteiger partial charge in [0.05, 0.1) is 17.6 Å². The Balaban J connectivity index is 1.19. The molecule has 1 atom stereocenters. The summed E-state index contributed by atoms with van der Waals surface area (Å²) >= 11 is 0. The molecule has 3 aromatic rings. The molecule has 1 aromatic heterocycles. The molecule has 1 fully saturated rings. The molecular formula is C37H43N7O5. The summed E-state index contributed by atoms with van der Waals surface area (Å²) in [5.74, 6) is -0.415. The SMILES string of the molecule is CCCN(CCC)C(=O)C1=Cc2ccc(C(=O)Nc3cncc(CNC(=O)[C@@H]4CCCN4C(=O)OCc4ccccc4)c3)cc2N=C(N)C1. The Bertz CT molecular complexity index is 1730. The van der Waals surface area contributed by atoms with Crippen LogP contribution in [0.25, 0.3) is 6.08 Å². The predicted octanol–water partition coefficient (Wildman–Crippen LogP) is 5.18. The van der Waals surface area contributed by atoms with Gasteiger partial charge in [0, 0.05) is 55.5 Å². The minimum atomic E-state index is -0.625. The molecule has 3 heterocycles. The number of carbonyl (C=O) groups is 4. The average molecular weight is 666 g/mol. The lowest BCUT2D eigenvalue weighted by Crippen LogP contribution is -2.45. The summed E-state index contributed by atoms with van der Waals surface area (Å²) in [6.07, 6.45) is 7.60. The summed E-state index contributed by atoms with van der Waals surface area (Å²) in [4.78, 5) is 64.4. The van der Waals surface area contributed by atoms with E-state index in [0.29, 0.717) is 71.9 Å². The van der Waals surface area contributed by atoms with Crippen LogP contribution in [0.3, 0.4) is 0 Å². The summed E-state index contributed by atoms with van der Waals surface area (Å²) in [5.41, 5.74) is 10.3. The Morgan fingerprint density at radius 1 is 1.00 bits per heavy atom. The number of anilines is 1. The highest BCUT2D eigenvalue weighted by Crippen LogP contribution is 2.29. The van der Waals surface area contributed by atoms with Gasteiger partial charge in [-0.2, -0.15) is 0 Å². The Morgan fingerprint density at radius 2 is 1.78 bits per heavy atom. The van der Waals surface area contributed by atoms with Gasteiger partial charge < -0.3 is 26.0 Å². The predicted molar refractivity (Wildman–Crippen MR) is 188 cm³/mol. The van der Waals surface area contributed by atoms with Gasteiger partial charge in [0.15, 0.2) is 0 Å². The Labute approximate surface area is 286 Å². The molecule has 4 amide bonds. The molecule has 4 N–H and O–H groups in total. The Hall–Kier alpha value is -5.52. The first-order valence-electron chi connectivity index (χ1n) is 16.7. The van der Waals surface area contributed by atoms with E-state index in [2.05, 4.69) is 20.6 Å². The maximum absolute atomic E-state index is 13.3. The fourth-order valence-electron chi connectivity index (χ4n) is 5.95. The topological polar surface area (TPSA) is 159 Å². The van der Waals surface area contributed by atoms with Gasteiger partial charge in [-0.15, -0.1) is 0 Å². The number of nitrogens with two attached hydrogens (primary N) is 1. The molecule has 0 aliphatic carbocycles. The molecule has 2 aliphatic rings. The molecule has 2 aromatic carbocycles. The second kappa shape index (κ2) is 16.5. The van der Waals surface area contributed by atoms with Crippen LogP contribution in [-0.2, 0) is 27.5 Å². The highest BCUT2D eigenvalue weighted by atomic mass is 16.6. The fraction of sp³-hybridized carbons (Fsp3) is 0.351. The summed E-state index contributed by atoms with van der Waals surface area (Å²) in [6, 6.07) is 15.6. The van der Waals surface area contributed by atoms with Crippen LogP contribution >= 0.6 is 0 Å². The zero-order valence-electron chi connectivity index (χ0n) is 28.0. The quantitative estimate of drug-likeness (QED) is 0.241. The second-order valence-electron chi connectivity index (χ2n) is 12.2. The zero-order valence-corrected chi connectivity index (χ0v) is 28.0. The van der Waals surface area contributed by atoms with Crippen molar-refractivity contribution in [2.45, 2.75) is 65.1 Å². The van der Waals surface area contributed by atoms with Crippen molar-refractivity contribution in [2.75, 3.05) is 25.0 Å². The third-order valence-electron chi connectivity index (χ3n) is 8.32. The van der Waals surface area contributed by atoms with Crippen molar-refractivity contribution in [1.29, 1.82) is 0 Å². The Morgan fingerprint density at radius 3 is 2.53 bits per heavy atom. The van der Waals surface area contributed by atoms with E-state index in [-0.39, 0.29) is 37.3 Å². The van der Waals surface area contributed by atoms with Gasteiger partial charge in [-0.3, -0.25) is 24.3 Å². The van der Waals surface area contributed by atoms with E-state index in [9.17, 15) is 19.2 Å². The van der Waals surface area contributed by atoms with Crippen molar-refractivity contribution in [1.82, 2.24) is 20.1 Å². The Kier molecular flexibility index (Phi) is 11.7. The number of hydrogen-bond acceptors (Lipinski definition) is 8. The average Bonchev–Trinajstić information content (AvgIpc) is 3.54. The van der Waals surface area contributed by atoms with Gasteiger partial charge in [0.2, 0.25) is 11.8 Å². The maximum Gasteiger partial charge on any atom is 0.410 e. The van der Waals surface area contributed by atoms with Gasteiger partial charge >= 0.3 is 6.09 Å². The molecule has 0 spiro atoms.